The van der Waals surface area contributed by atoms with E-state index in [1.54, 1.807) is 6.26 Å². The molecule has 0 spiro atoms. The Bertz CT molecular complexity index is 480. The maximum atomic E-state index is 12.8. The molecule has 2 saturated heterocycles. The maximum Gasteiger partial charge on any atom is 0.237 e. The molecule has 0 saturated carbocycles. The first-order valence-corrected chi connectivity index (χ1v) is 10.4. The van der Waals surface area contributed by atoms with Gasteiger partial charge in [-0.05, 0) is 32.6 Å². The first kappa shape index (κ1) is 21.9. The van der Waals surface area contributed by atoms with E-state index in [0.29, 0.717) is 5.92 Å². The van der Waals surface area contributed by atoms with Crippen LogP contribution < -0.4 is 5.32 Å². The fraction of sp³-hybridized carbons (Fsp3) is 0.941. The third kappa shape index (κ3) is 4.52. The first-order valence-electron chi connectivity index (χ1n) is 9.12. The van der Waals surface area contributed by atoms with Crippen molar-refractivity contribution in [2.75, 3.05) is 19.8 Å². The molecule has 2 fully saturated rings. The molecule has 152 valence electrons. The molecule has 1 amide bonds. The number of carbonyl (C=O) groups excluding carboxylic acids is 1. The summed E-state index contributed by atoms with van der Waals surface area (Å²) in [5, 5.41) is 43.4. The number of nitrogens with zero attached hydrogens (tertiary/aromatic N) is 1. The topological polar surface area (TPSA) is 122 Å². The summed E-state index contributed by atoms with van der Waals surface area (Å²) in [5.74, 6) is 0.224. The SMILES string of the molecule is CCC1CC(C(=O)NC(C(C)O)C2OC(SC)C(O)C(O)C2O)N(C)C1. The smallest absolute Gasteiger partial charge is 0.237 e. The fourth-order valence-electron chi connectivity index (χ4n) is 3.81. The summed E-state index contributed by atoms with van der Waals surface area (Å²) in [7, 11) is 1.90. The molecule has 0 aromatic carbocycles. The molecule has 0 aromatic heterocycles. The average Bonchev–Trinajstić information content (AvgIpc) is 2.99. The van der Waals surface area contributed by atoms with Gasteiger partial charge < -0.3 is 30.5 Å². The van der Waals surface area contributed by atoms with Crippen LogP contribution in [0.4, 0.5) is 0 Å². The molecule has 26 heavy (non-hydrogen) atoms. The predicted molar refractivity (Wildman–Crippen MR) is 98.6 cm³/mol. The second-order valence-electron chi connectivity index (χ2n) is 7.42. The molecular formula is C17H32N2O6S. The van der Waals surface area contributed by atoms with Crippen LogP contribution in [0.1, 0.15) is 26.7 Å². The molecule has 9 atom stereocenters. The van der Waals surface area contributed by atoms with Crippen LogP contribution in [0.2, 0.25) is 0 Å². The summed E-state index contributed by atoms with van der Waals surface area (Å²) in [6.45, 7) is 4.44. The van der Waals surface area contributed by atoms with Crippen LogP contribution in [0.25, 0.3) is 0 Å². The molecule has 0 aliphatic carbocycles. The molecule has 0 aromatic rings. The molecule has 2 aliphatic heterocycles. The number of aliphatic hydroxyl groups is 4. The summed E-state index contributed by atoms with van der Waals surface area (Å²) < 4.78 is 5.70. The van der Waals surface area contributed by atoms with Gasteiger partial charge in [0.2, 0.25) is 5.91 Å². The zero-order valence-electron chi connectivity index (χ0n) is 15.8. The van der Waals surface area contributed by atoms with E-state index in [4.69, 9.17) is 4.74 Å². The van der Waals surface area contributed by atoms with Crippen molar-refractivity contribution in [3.63, 3.8) is 0 Å². The largest absolute Gasteiger partial charge is 0.391 e. The van der Waals surface area contributed by atoms with Gasteiger partial charge in [-0.3, -0.25) is 9.69 Å². The number of nitrogens with one attached hydrogen (secondary N) is 1. The van der Waals surface area contributed by atoms with E-state index in [9.17, 15) is 25.2 Å². The van der Waals surface area contributed by atoms with Crippen LogP contribution in [-0.4, -0.2) is 99.1 Å². The average molecular weight is 393 g/mol. The van der Waals surface area contributed by atoms with Crippen molar-refractivity contribution in [2.24, 2.45) is 5.92 Å². The normalized spacial score (nSPS) is 41.0. The van der Waals surface area contributed by atoms with Gasteiger partial charge in [0.25, 0.3) is 0 Å². The zero-order chi connectivity index (χ0) is 19.6. The highest BCUT2D eigenvalue weighted by Crippen LogP contribution is 2.30. The van der Waals surface area contributed by atoms with Crippen LogP contribution in [0, 0.1) is 5.92 Å². The second-order valence-corrected chi connectivity index (χ2v) is 8.35. The quantitative estimate of drug-likeness (QED) is 0.380. The highest BCUT2D eigenvalue weighted by molar-refractivity contribution is 7.99. The Morgan fingerprint density at radius 2 is 1.96 bits per heavy atom. The number of aliphatic hydroxyl groups excluding tert-OH is 4. The van der Waals surface area contributed by atoms with Crippen molar-refractivity contribution in [2.45, 2.75) is 74.7 Å². The number of carbonyl (C=O) groups is 1. The molecule has 2 aliphatic rings. The van der Waals surface area contributed by atoms with Crippen molar-refractivity contribution in [3.8, 4) is 0 Å². The van der Waals surface area contributed by atoms with Gasteiger partial charge in [0.1, 0.15) is 29.9 Å². The van der Waals surface area contributed by atoms with E-state index in [1.165, 1.54) is 18.7 Å². The number of ether oxygens (including phenoxy) is 1. The summed E-state index contributed by atoms with van der Waals surface area (Å²) >= 11 is 1.19. The van der Waals surface area contributed by atoms with Crippen molar-refractivity contribution in [1.29, 1.82) is 0 Å². The summed E-state index contributed by atoms with van der Waals surface area (Å²) in [4.78, 5) is 14.8. The fourth-order valence-corrected chi connectivity index (χ4v) is 4.49. The minimum absolute atomic E-state index is 0.230. The van der Waals surface area contributed by atoms with Gasteiger partial charge in [-0.2, -0.15) is 0 Å². The Balaban J connectivity index is 2.11. The lowest BCUT2D eigenvalue weighted by molar-refractivity contribution is -0.211. The van der Waals surface area contributed by atoms with Gasteiger partial charge in [-0.15, -0.1) is 11.8 Å². The molecule has 0 radical (unpaired) electrons. The third-order valence-corrected chi connectivity index (χ3v) is 6.39. The molecule has 0 bridgehead atoms. The van der Waals surface area contributed by atoms with Gasteiger partial charge >= 0.3 is 0 Å². The van der Waals surface area contributed by atoms with Gasteiger partial charge in [0, 0.05) is 6.54 Å². The standard InChI is InChI=1S/C17H32N2O6S/c1-5-9-6-10(19(3)7-9)16(24)18-11(8(2)20)15-13(22)12(21)14(23)17(25-15)26-4/h8-15,17,20-23H,5-7H2,1-4H3,(H,18,24). The molecule has 9 unspecified atom stereocenters. The number of likely N-dealkylation sites (N-methyl/N-ethyl adjacent to an activating group) is 1. The Labute approximate surface area is 158 Å². The zero-order valence-corrected chi connectivity index (χ0v) is 16.6. The van der Waals surface area contributed by atoms with Crippen LogP contribution in [0.5, 0.6) is 0 Å². The Morgan fingerprint density at radius 1 is 1.31 bits per heavy atom. The summed E-state index contributed by atoms with van der Waals surface area (Å²) in [5.41, 5.74) is -0.754. The van der Waals surface area contributed by atoms with E-state index >= 15 is 0 Å². The molecular weight excluding hydrogens is 360 g/mol. The van der Waals surface area contributed by atoms with Gasteiger partial charge in [0.15, 0.2) is 0 Å². The molecule has 2 heterocycles. The molecule has 9 heteroatoms. The van der Waals surface area contributed by atoms with Crippen molar-refractivity contribution >= 4 is 17.7 Å². The van der Waals surface area contributed by atoms with Gasteiger partial charge in [-0.1, -0.05) is 13.3 Å². The number of likely N-dealkylation sites (tertiary alicyclic amines) is 1. The number of amides is 1. The minimum atomic E-state index is -1.42. The maximum absolute atomic E-state index is 12.8. The Hall–Kier alpha value is -0.420. The number of thioether (sulfide) groups is 1. The van der Waals surface area contributed by atoms with Crippen molar-refractivity contribution < 1.29 is 30.0 Å². The van der Waals surface area contributed by atoms with E-state index in [0.717, 1.165) is 19.4 Å². The Morgan fingerprint density at radius 3 is 2.46 bits per heavy atom. The minimum Gasteiger partial charge on any atom is -0.391 e. The van der Waals surface area contributed by atoms with Gasteiger partial charge in [-0.25, -0.2) is 0 Å². The van der Waals surface area contributed by atoms with Crippen LogP contribution in [0.3, 0.4) is 0 Å². The van der Waals surface area contributed by atoms with E-state index in [-0.39, 0.29) is 11.9 Å². The lowest BCUT2D eigenvalue weighted by Gasteiger charge is -2.44. The van der Waals surface area contributed by atoms with E-state index in [2.05, 4.69) is 12.2 Å². The van der Waals surface area contributed by atoms with Crippen LogP contribution in [-0.2, 0) is 9.53 Å². The predicted octanol–water partition coefficient (Wildman–Crippen LogP) is -1.25. The summed E-state index contributed by atoms with van der Waals surface area (Å²) in [6.07, 6.45) is -2.65. The molecule has 2 rings (SSSR count). The Kier molecular flexibility index (Phi) is 7.73. The van der Waals surface area contributed by atoms with E-state index < -0.39 is 42.0 Å². The lowest BCUT2D eigenvalue weighted by atomic mass is 9.92. The highest BCUT2D eigenvalue weighted by Gasteiger charge is 2.48. The second kappa shape index (κ2) is 9.18. The third-order valence-electron chi connectivity index (χ3n) is 5.54. The lowest BCUT2D eigenvalue weighted by Crippen LogP contribution is -2.65. The number of hydrogen-bond donors (Lipinski definition) is 5. The summed E-state index contributed by atoms with van der Waals surface area (Å²) in [6, 6.07) is -1.20. The number of hydrogen-bond acceptors (Lipinski definition) is 8. The van der Waals surface area contributed by atoms with Crippen molar-refractivity contribution in [3.05, 3.63) is 0 Å². The van der Waals surface area contributed by atoms with E-state index in [1.807, 2.05) is 11.9 Å². The van der Waals surface area contributed by atoms with Crippen LogP contribution >= 0.6 is 11.8 Å². The highest BCUT2D eigenvalue weighted by atomic mass is 32.2. The van der Waals surface area contributed by atoms with Gasteiger partial charge in [0.05, 0.1) is 18.2 Å². The molecule has 8 nitrogen and oxygen atoms in total. The monoisotopic (exact) mass is 392 g/mol. The first-order chi connectivity index (χ1) is 12.2. The van der Waals surface area contributed by atoms with Crippen molar-refractivity contribution in [1.82, 2.24) is 10.2 Å². The number of rotatable bonds is 6. The van der Waals surface area contributed by atoms with Crippen LogP contribution in [0.15, 0.2) is 0 Å². The molecule has 5 N–H and O–H groups in total.